The van der Waals surface area contributed by atoms with Gasteiger partial charge in [-0.15, -0.1) is 0 Å². The number of aromatic nitrogens is 1. The van der Waals surface area contributed by atoms with Crippen molar-refractivity contribution in [2.45, 2.75) is 13.3 Å². The van der Waals surface area contributed by atoms with E-state index in [1.165, 1.54) is 10.9 Å². The Balaban J connectivity index is 2.32. The van der Waals surface area contributed by atoms with Gasteiger partial charge in [-0.3, -0.25) is 0 Å². The Morgan fingerprint density at radius 3 is 2.76 bits per heavy atom. The van der Waals surface area contributed by atoms with Crippen LogP contribution in [-0.2, 0) is 11.2 Å². The molecule has 90 valence electrons. The first kappa shape index (κ1) is 11.9. The topological polar surface area (TPSA) is 31.4 Å². The fraction of sp³-hybridized carbons (Fsp3) is 0.357. The molecule has 0 atom stereocenters. The number of para-hydroxylation sites is 1. The Kier molecular flexibility index (Phi) is 3.94. The highest BCUT2D eigenvalue weighted by molar-refractivity contribution is 5.82. The molecular weight excluding hydrogens is 214 g/mol. The maximum atomic E-state index is 5.56. The average molecular weight is 231 g/mol. The molecule has 2 rings (SSSR count). The normalized spacial score (nSPS) is 10.7. The SMILES string of the molecule is CCc1cc(OCCOC)nc2ccccc12. The Morgan fingerprint density at radius 2 is 2.00 bits per heavy atom. The molecule has 0 amide bonds. The average Bonchev–Trinajstić information content (AvgIpc) is 2.38. The quantitative estimate of drug-likeness (QED) is 0.741. The second-order valence-electron chi connectivity index (χ2n) is 3.83. The van der Waals surface area contributed by atoms with Gasteiger partial charge in [0.05, 0.1) is 12.1 Å². The number of benzene rings is 1. The van der Waals surface area contributed by atoms with Crippen molar-refractivity contribution in [1.82, 2.24) is 4.98 Å². The van der Waals surface area contributed by atoms with Crippen LogP contribution in [0.5, 0.6) is 5.88 Å². The number of methoxy groups -OCH3 is 1. The molecule has 0 aliphatic rings. The molecule has 0 bridgehead atoms. The van der Waals surface area contributed by atoms with Crippen LogP contribution in [0.3, 0.4) is 0 Å². The summed E-state index contributed by atoms with van der Waals surface area (Å²) in [7, 11) is 1.66. The van der Waals surface area contributed by atoms with E-state index in [9.17, 15) is 0 Å². The summed E-state index contributed by atoms with van der Waals surface area (Å²) in [5.41, 5.74) is 2.25. The summed E-state index contributed by atoms with van der Waals surface area (Å²) >= 11 is 0. The molecule has 3 heteroatoms. The van der Waals surface area contributed by atoms with Gasteiger partial charge >= 0.3 is 0 Å². The van der Waals surface area contributed by atoms with Crippen LogP contribution in [0.4, 0.5) is 0 Å². The highest BCUT2D eigenvalue weighted by atomic mass is 16.5. The molecule has 0 saturated heterocycles. The Bertz CT molecular complexity index is 497. The number of rotatable bonds is 5. The lowest BCUT2D eigenvalue weighted by Gasteiger charge is -2.09. The van der Waals surface area contributed by atoms with E-state index in [4.69, 9.17) is 9.47 Å². The summed E-state index contributed by atoms with van der Waals surface area (Å²) in [5.74, 6) is 0.678. The van der Waals surface area contributed by atoms with E-state index in [0.717, 1.165) is 11.9 Å². The van der Waals surface area contributed by atoms with Crippen LogP contribution >= 0.6 is 0 Å². The smallest absolute Gasteiger partial charge is 0.214 e. The van der Waals surface area contributed by atoms with E-state index in [0.29, 0.717) is 19.1 Å². The second kappa shape index (κ2) is 5.64. The lowest BCUT2D eigenvalue weighted by molar-refractivity contribution is 0.144. The molecule has 0 fully saturated rings. The maximum Gasteiger partial charge on any atom is 0.214 e. The van der Waals surface area contributed by atoms with Crippen LogP contribution in [0.15, 0.2) is 30.3 Å². The number of hydrogen-bond donors (Lipinski definition) is 0. The predicted octanol–water partition coefficient (Wildman–Crippen LogP) is 2.82. The first-order valence-electron chi connectivity index (χ1n) is 5.85. The van der Waals surface area contributed by atoms with Gasteiger partial charge in [0.1, 0.15) is 6.61 Å². The molecule has 0 saturated carbocycles. The molecule has 3 nitrogen and oxygen atoms in total. The minimum Gasteiger partial charge on any atom is -0.475 e. The Hall–Kier alpha value is -1.61. The van der Waals surface area contributed by atoms with Gasteiger partial charge in [0.25, 0.3) is 0 Å². The zero-order chi connectivity index (χ0) is 12.1. The second-order valence-corrected chi connectivity index (χ2v) is 3.83. The van der Waals surface area contributed by atoms with E-state index >= 15 is 0 Å². The van der Waals surface area contributed by atoms with Gasteiger partial charge in [0.15, 0.2) is 0 Å². The van der Waals surface area contributed by atoms with Crippen molar-refractivity contribution in [2.24, 2.45) is 0 Å². The number of fused-ring (bicyclic) bond motifs is 1. The van der Waals surface area contributed by atoms with Crippen molar-refractivity contribution >= 4 is 10.9 Å². The van der Waals surface area contributed by atoms with Gasteiger partial charge in [-0.1, -0.05) is 25.1 Å². The third-order valence-electron chi connectivity index (χ3n) is 2.70. The van der Waals surface area contributed by atoms with Gasteiger partial charge in [0.2, 0.25) is 5.88 Å². The fourth-order valence-electron chi connectivity index (χ4n) is 1.82. The molecular formula is C14H17NO2. The monoisotopic (exact) mass is 231 g/mol. The van der Waals surface area contributed by atoms with Crippen LogP contribution in [0.2, 0.25) is 0 Å². The van der Waals surface area contributed by atoms with Crippen molar-refractivity contribution in [3.63, 3.8) is 0 Å². The summed E-state index contributed by atoms with van der Waals surface area (Å²) in [6, 6.07) is 10.2. The first-order valence-corrected chi connectivity index (χ1v) is 5.85. The van der Waals surface area contributed by atoms with Crippen molar-refractivity contribution in [3.05, 3.63) is 35.9 Å². The van der Waals surface area contributed by atoms with Crippen LogP contribution in [0.25, 0.3) is 10.9 Å². The zero-order valence-corrected chi connectivity index (χ0v) is 10.3. The number of nitrogens with zero attached hydrogens (tertiary/aromatic N) is 1. The van der Waals surface area contributed by atoms with Crippen LogP contribution in [0.1, 0.15) is 12.5 Å². The van der Waals surface area contributed by atoms with Crippen molar-refractivity contribution < 1.29 is 9.47 Å². The molecule has 1 heterocycles. The molecule has 1 aromatic heterocycles. The van der Waals surface area contributed by atoms with Crippen LogP contribution in [-0.4, -0.2) is 25.3 Å². The molecule has 2 aromatic rings. The molecule has 17 heavy (non-hydrogen) atoms. The number of hydrogen-bond acceptors (Lipinski definition) is 3. The third-order valence-corrected chi connectivity index (χ3v) is 2.70. The van der Waals surface area contributed by atoms with E-state index in [-0.39, 0.29) is 0 Å². The van der Waals surface area contributed by atoms with Gasteiger partial charge in [-0.05, 0) is 18.1 Å². The lowest BCUT2D eigenvalue weighted by atomic mass is 10.1. The van der Waals surface area contributed by atoms with Gasteiger partial charge < -0.3 is 9.47 Å². The van der Waals surface area contributed by atoms with E-state index in [1.54, 1.807) is 7.11 Å². The molecule has 0 N–H and O–H groups in total. The van der Waals surface area contributed by atoms with Gasteiger partial charge in [-0.25, -0.2) is 4.98 Å². The van der Waals surface area contributed by atoms with Crippen LogP contribution in [0, 0.1) is 0 Å². The first-order chi connectivity index (χ1) is 8.35. The minimum absolute atomic E-state index is 0.533. The standard InChI is InChI=1S/C14H17NO2/c1-3-11-10-14(17-9-8-16-2)15-13-7-5-4-6-12(11)13/h4-7,10H,3,8-9H2,1-2H3. The van der Waals surface area contributed by atoms with Crippen LogP contribution < -0.4 is 4.74 Å². The number of pyridine rings is 1. The van der Waals surface area contributed by atoms with Gasteiger partial charge in [0, 0.05) is 18.6 Å². The fourth-order valence-corrected chi connectivity index (χ4v) is 1.82. The Labute approximate surface area is 101 Å². The van der Waals surface area contributed by atoms with Gasteiger partial charge in [-0.2, -0.15) is 0 Å². The highest BCUT2D eigenvalue weighted by Gasteiger charge is 2.04. The third kappa shape index (κ3) is 2.74. The maximum absolute atomic E-state index is 5.56. The largest absolute Gasteiger partial charge is 0.475 e. The number of aryl methyl sites for hydroxylation is 1. The summed E-state index contributed by atoms with van der Waals surface area (Å²) in [6.07, 6.45) is 0.976. The predicted molar refractivity (Wildman–Crippen MR) is 68.5 cm³/mol. The zero-order valence-electron chi connectivity index (χ0n) is 10.3. The molecule has 0 aliphatic carbocycles. The molecule has 0 radical (unpaired) electrons. The molecule has 1 aromatic carbocycles. The molecule has 0 unspecified atom stereocenters. The van der Waals surface area contributed by atoms with E-state index in [2.05, 4.69) is 18.0 Å². The molecule has 0 aliphatic heterocycles. The van der Waals surface area contributed by atoms with Crippen molar-refractivity contribution in [1.29, 1.82) is 0 Å². The van der Waals surface area contributed by atoms with Crippen molar-refractivity contribution in [3.8, 4) is 5.88 Å². The number of ether oxygens (including phenoxy) is 2. The summed E-state index contributed by atoms with van der Waals surface area (Å²) in [4.78, 5) is 4.48. The minimum atomic E-state index is 0.533. The van der Waals surface area contributed by atoms with Crippen molar-refractivity contribution in [2.75, 3.05) is 20.3 Å². The summed E-state index contributed by atoms with van der Waals surface area (Å²) < 4.78 is 10.5. The summed E-state index contributed by atoms with van der Waals surface area (Å²) in [6.45, 7) is 3.25. The summed E-state index contributed by atoms with van der Waals surface area (Å²) in [5, 5.41) is 1.20. The van der Waals surface area contributed by atoms with E-state index < -0.39 is 0 Å². The molecule has 0 spiro atoms. The highest BCUT2D eigenvalue weighted by Crippen LogP contribution is 2.22. The van der Waals surface area contributed by atoms with E-state index in [1.807, 2.05) is 24.3 Å². The Morgan fingerprint density at radius 1 is 1.18 bits per heavy atom. The lowest BCUT2D eigenvalue weighted by Crippen LogP contribution is -2.05.